The zero-order valence-electron chi connectivity index (χ0n) is 10.1. The summed E-state index contributed by atoms with van der Waals surface area (Å²) in [5, 5.41) is 4.43. The van der Waals surface area contributed by atoms with Gasteiger partial charge in [0.15, 0.2) is 5.82 Å². The van der Waals surface area contributed by atoms with Crippen LogP contribution in [0.15, 0.2) is 30.3 Å². The Balaban J connectivity index is 1.63. The highest BCUT2D eigenvalue weighted by Gasteiger charge is 2.49. The lowest BCUT2D eigenvalue weighted by Crippen LogP contribution is -2.11. The first-order valence-electron chi connectivity index (χ1n) is 6.53. The van der Waals surface area contributed by atoms with Gasteiger partial charge in [-0.05, 0) is 31.2 Å². The summed E-state index contributed by atoms with van der Waals surface area (Å²) < 4.78 is 4.58. The van der Waals surface area contributed by atoms with E-state index in [0.29, 0.717) is 6.04 Å². The molecule has 0 spiro atoms. The Labute approximate surface area is 110 Å². The molecule has 0 atom stereocenters. The van der Waals surface area contributed by atoms with Gasteiger partial charge in [0, 0.05) is 17.6 Å². The van der Waals surface area contributed by atoms with E-state index < -0.39 is 0 Å². The van der Waals surface area contributed by atoms with Gasteiger partial charge in [-0.3, -0.25) is 0 Å². The van der Waals surface area contributed by atoms with E-state index in [1.165, 1.54) is 42.8 Å². The summed E-state index contributed by atoms with van der Waals surface area (Å²) in [5.74, 6) is 1.02. The number of hydrogen-bond acceptors (Lipinski definition) is 4. The molecule has 2 aliphatic rings. The second-order valence-electron chi connectivity index (χ2n) is 5.29. The van der Waals surface area contributed by atoms with Crippen LogP contribution in [0, 0.1) is 0 Å². The summed E-state index contributed by atoms with van der Waals surface area (Å²) in [5.41, 5.74) is 1.47. The molecule has 4 heteroatoms. The number of benzene rings is 1. The smallest absolute Gasteiger partial charge is 0.202 e. The Kier molecular flexibility index (Phi) is 2.21. The van der Waals surface area contributed by atoms with Crippen molar-refractivity contribution in [3.05, 3.63) is 41.7 Å². The van der Waals surface area contributed by atoms with Crippen LogP contribution in [-0.2, 0) is 5.41 Å². The largest absolute Gasteiger partial charge is 0.358 e. The maximum Gasteiger partial charge on any atom is 0.202 e. The Hall–Kier alpha value is -1.42. The molecule has 92 valence electrons. The lowest BCUT2D eigenvalue weighted by molar-refractivity contribution is 0.779. The van der Waals surface area contributed by atoms with Crippen LogP contribution in [0.3, 0.4) is 0 Å². The van der Waals surface area contributed by atoms with Gasteiger partial charge in [0.2, 0.25) is 5.13 Å². The van der Waals surface area contributed by atoms with Gasteiger partial charge in [-0.15, -0.1) is 0 Å². The molecular formula is C14H15N3S. The Morgan fingerprint density at radius 2 is 1.94 bits per heavy atom. The predicted octanol–water partition coefficient (Wildman–Crippen LogP) is 3.19. The van der Waals surface area contributed by atoms with Crippen molar-refractivity contribution < 1.29 is 0 Å². The highest BCUT2D eigenvalue weighted by Crippen LogP contribution is 2.52. The van der Waals surface area contributed by atoms with E-state index in [9.17, 15) is 0 Å². The van der Waals surface area contributed by atoms with Gasteiger partial charge in [-0.2, -0.15) is 4.37 Å². The Bertz CT molecular complexity index is 555. The average Bonchev–Trinajstić information content (AvgIpc) is 3.32. The van der Waals surface area contributed by atoms with E-state index in [1.54, 1.807) is 0 Å². The lowest BCUT2D eigenvalue weighted by Gasteiger charge is -2.10. The van der Waals surface area contributed by atoms with E-state index in [0.717, 1.165) is 11.0 Å². The van der Waals surface area contributed by atoms with Gasteiger partial charge in [-0.1, -0.05) is 30.3 Å². The van der Waals surface area contributed by atoms with Crippen LogP contribution in [0.25, 0.3) is 0 Å². The molecule has 2 aromatic rings. The fraction of sp³-hybridized carbons (Fsp3) is 0.429. The summed E-state index contributed by atoms with van der Waals surface area (Å²) in [6.07, 6.45) is 4.91. The normalized spacial score (nSPS) is 20.7. The average molecular weight is 257 g/mol. The van der Waals surface area contributed by atoms with Crippen LogP contribution < -0.4 is 5.32 Å². The van der Waals surface area contributed by atoms with Crippen molar-refractivity contribution >= 4 is 16.7 Å². The molecule has 18 heavy (non-hydrogen) atoms. The fourth-order valence-electron chi connectivity index (χ4n) is 2.40. The molecule has 0 saturated heterocycles. The third-order valence-electron chi connectivity index (χ3n) is 3.84. The molecule has 1 aromatic heterocycles. The second kappa shape index (κ2) is 3.79. The number of rotatable bonds is 4. The van der Waals surface area contributed by atoms with E-state index in [4.69, 9.17) is 4.98 Å². The lowest BCUT2D eigenvalue weighted by atomic mass is 9.95. The first kappa shape index (κ1) is 10.5. The quantitative estimate of drug-likeness (QED) is 0.914. The minimum atomic E-state index is 0.112. The zero-order valence-corrected chi connectivity index (χ0v) is 10.9. The summed E-state index contributed by atoms with van der Waals surface area (Å²) in [6.45, 7) is 0. The molecule has 0 amide bonds. The molecule has 2 saturated carbocycles. The number of hydrogen-bond donors (Lipinski definition) is 1. The zero-order chi connectivity index (χ0) is 12.0. The van der Waals surface area contributed by atoms with Crippen molar-refractivity contribution in [2.45, 2.75) is 37.1 Å². The number of nitrogens with zero attached hydrogens (tertiary/aromatic N) is 2. The van der Waals surface area contributed by atoms with Crippen molar-refractivity contribution in [1.82, 2.24) is 9.36 Å². The molecule has 4 rings (SSSR count). The van der Waals surface area contributed by atoms with Crippen LogP contribution >= 0.6 is 11.5 Å². The summed E-state index contributed by atoms with van der Waals surface area (Å²) in [6, 6.07) is 11.3. The van der Waals surface area contributed by atoms with Crippen LogP contribution in [0.2, 0.25) is 0 Å². The highest BCUT2D eigenvalue weighted by molar-refractivity contribution is 7.09. The number of aromatic nitrogens is 2. The molecule has 0 radical (unpaired) electrons. The van der Waals surface area contributed by atoms with E-state index in [2.05, 4.69) is 40.0 Å². The van der Waals surface area contributed by atoms with Crippen LogP contribution in [0.1, 0.15) is 37.1 Å². The molecule has 3 nitrogen and oxygen atoms in total. The molecule has 0 aliphatic heterocycles. The standard InChI is InChI=1S/C14H15N3S/c1-2-4-10(5-3-1)14(8-9-14)12-16-13(18-17-12)15-11-6-7-11/h1-5,11H,6-9H2,(H,15,16,17). The van der Waals surface area contributed by atoms with E-state index in [1.807, 2.05) is 0 Å². The minimum absolute atomic E-state index is 0.112. The summed E-state index contributed by atoms with van der Waals surface area (Å²) in [4.78, 5) is 4.70. The van der Waals surface area contributed by atoms with Crippen LogP contribution in [0.5, 0.6) is 0 Å². The third-order valence-corrected chi connectivity index (χ3v) is 4.48. The van der Waals surface area contributed by atoms with Gasteiger partial charge in [0.05, 0.1) is 5.41 Å². The second-order valence-corrected chi connectivity index (χ2v) is 6.04. The Morgan fingerprint density at radius 1 is 1.17 bits per heavy atom. The molecule has 2 aliphatic carbocycles. The number of anilines is 1. The van der Waals surface area contributed by atoms with Gasteiger partial charge < -0.3 is 5.32 Å². The maximum atomic E-state index is 4.70. The number of nitrogens with one attached hydrogen (secondary N) is 1. The van der Waals surface area contributed by atoms with Crippen molar-refractivity contribution in [1.29, 1.82) is 0 Å². The summed E-state index contributed by atoms with van der Waals surface area (Å²) in [7, 11) is 0. The first-order chi connectivity index (χ1) is 8.87. The van der Waals surface area contributed by atoms with E-state index >= 15 is 0 Å². The van der Waals surface area contributed by atoms with Crippen LogP contribution in [-0.4, -0.2) is 15.4 Å². The minimum Gasteiger partial charge on any atom is -0.358 e. The predicted molar refractivity (Wildman–Crippen MR) is 73.0 cm³/mol. The molecular weight excluding hydrogens is 242 g/mol. The maximum absolute atomic E-state index is 4.70. The highest BCUT2D eigenvalue weighted by atomic mass is 32.1. The van der Waals surface area contributed by atoms with E-state index in [-0.39, 0.29) is 5.41 Å². The first-order valence-corrected chi connectivity index (χ1v) is 7.30. The van der Waals surface area contributed by atoms with Gasteiger partial charge >= 0.3 is 0 Å². The topological polar surface area (TPSA) is 37.8 Å². The Morgan fingerprint density at radius 3 is 2.61 bits per heavy atom. The molecule has 1 N–H and O–H groups in total. The van der Waals surface area contributed by atoms with Crippen molar-refractivity contribution in [2.24, 2.45) is 0 Å². The molecule has 0 unspecified atom stereocenters. The third kappa shape index (κ3) is 1.72. The fourth-order valence-corrected chi connectivity index (χ4v) is 3.14. The summed E-state index contributed by atoms with van der Waals surface area (Å²) >= 11 is 1.51. The SMILES string of the molecule is c1ccc(C2(c3nsc(NC4CC4)n3)CC2)cc1. The van der Waals surface area contributed by atoms with Gasteiger partial charge in [0.1, 0.15) is 0 Å². The molecule has 0 bridgehead atoms. The van der Waals surface area contributed by atoms with Crippen molar-refractivity contribution in [3.8, 4) is 0 Å². The van der Waals surface area contributed by atoms with Gasteiger partial charge in [0.25, 0.3) is 0 Å². The molecule has 1 heterocycles. The van der Waals surface area contributed by atoms with Gasteiger partial charge in [-0.25, -0.2) is 4.98 Å². The monoisotopic (exact) mass is 257 g/mol. The molecule has 1 aromatic carbocycles. The van der Waals surface area contributed by atoms with Crippen molar-refractivity contribution in [3.63, 3.8) is 0 Å². The van der Waals surface area contributed by atoms with Crippen LogP contribution in [0.4, 0.5) is 5.13 Å². The van der Waals surface area contributed by atoms with Crippen molar-refractivity contribution in [2.75, 3.05) is 5.32 Å². The molecule has 2 fully saturated rings.